The Balaban J connectivity index is 2.47. The Morgan fingerprint density at radius 3 is 2.42 bits per heavy atom. The summed E-state index contributed by atoms with van der Waals surface area (Å²) in [6.45, 7) is 13.0. The Bertz CT molecular complexity index is 401. The average molecular weight is 345 g/mol. The fraction of sp³-hybridized carbons (Fsp3) is 0.643. The van der Waals surface area contributed by atoms with Gasteiger partial charge in [0.1, 0.15) is 5.82 Å². The van der Waals surface area contributed by atoms with Gasteiger partial charge < -0.3 is 9.33 Å². The highest BCUT2D eigenvalue weighted by atomic mass is 79.9. The van der Waals surface area contributed by atoms with Crippen LogP contribution in [0.5, 0.6) is 0 Å². The predicted octanol–water partition coefficient (Wildman–Crippen LogP) is 4.30. The molecule has 1 rings (SSSR count). The van der Waals surface area contributed by atoms with Crippen molar-refractivity contribution in [3.05, 3.63) is 22.8 Å². The van der Waals surface area contributed by atoms with Crippen LogP contribution in [-0.2, 0) is 4.43 Å². The Morgan fingerprint density at radius 1 is 1.32 bits per heavy atom. The van der Waals surface area contributed by atoms with E-state index in [4.69, 9.17) is 4.43 Å². The maximum atomic E-state index is 6.17. The summed E-state index contributed by atoms with van der Waals surface area (Å²) in [5, 5.41) is 0.265. The topological polar surface area (TPSA) is 25.4 Å². The summed E-state index contributed by atoms with van der Waals surface area (Å²) in [6.07, 6.45) is 1.82. The lowest BCUT2D eigenvalue weighted by Crippen LogP contribution is -2.42. The molecule has 0 spiro atoms. The van der Waals surface area contributed by atoms with E-state index in [1.807, 2.05) is 25.4 Å². The van der Waals surface area contributed by atoms with Gasteiger partial charge in [-0.1, -0.05) is 20.8 Å². The number of aromatic nitrogens is 1. The molecule has 0 radical (unpaired) electrons. The minimum absolute atomic E-state index is 0.265. The van der Waals surface area contributed by atoms with Gasteiger partial charge in [0.15, 0.2) is 8.32 Å². The first-order valence-electron chi connectivity index (χ1n) is 6.60. The van der Waals surface area contributed by atoms with Crippen molar-refractivity contribution in [2.24, 2.45) is 0 Å². The third-order valence-corrected chi connectivity index (χ3v) is 8.81. The fourth-order valence-corrected chi connectivity index (χ4v) is 2.63. The molecule has 0 aliphatic carbocycles. The Morgan fingerprint density at radius 2 is 1.95 bits per heavy atom. The monoisotopic (exact) mass is 344 g/mol. The summed E-state index contributed by atoms with van der Waals surface area (Å²) < 4.78 is 7.17. The van der Waals surface area contributed by atoms with Gasteiger partial charge in [0, 0.05) is 24.3 Å². The van der Waals surface area contributed by atoms with E-state index in [-0.39, 0.29) is 5.04 Å². The largest absolute Gasteiger partial charge is 0.415 e. The van der Waals surface area contributed by atoms with Crippen LogP contribution in [0.25, 0.3) is 0 Å². The number of rotatable bonds is 5. The molecule has 3 nitrogen and oxygen atoms in total. The van der Waals surface area contributed by atoms with Crippen molar-refractivity contribution in [2.75, 3.05) is 25.1 Å². The van der Waals surface area contributed by atoms with Crippen molar-refractivity contribution >= 4 is 30.1 Å². The van der Waals surface area contributed by atoms with E-state index < -0.39 is 8.32 Å². The van der Waals surface area contributed by atoms with E-state index >= 15 is 0 Å². The van der Waals surface area contributed by atoms with Crippen molar-refractivity contribution in [1.82, 2.24) is 4.98 Å². The molecule has 0 aliphatic rings. The fourth-order valence-electron chi connectivity index (χ4n) is 1.36. The van der Waals surface area contributed by atoms with Crippen LogP contribution >= 0.6 is 15.9 Å². The van der Waals surface area contributed by atoms with Gasteiger partial charge in [0.25, 0.3) is 0 Å². The quantitative estimate of drug-likeness (QED) is 0.744. The Labute approximate surface area is 126 Å². The van der Waals surface area contributed by atoms with Crippen molar-refractivity contribution in [3.8, 4) is 0 Å². The molecule has 5 heteroatoms. The van der Waals surface area contributed by atoms with E-state index in [0.717, 1.165) is 23.4 Å². The molecule has 0 saturated heterocycles. The lowest BCUT2D eigenvalue weighted by Gasteiger charge is -2.36. The second-order valence-corrected chi connectivity index (χ2v) is 12.1. The zero-order valence-electron chi connectivity index (χ0n) is 12.8. The minimum Gasteiger partial charge on any atom is -0.415 e. The average Bonchev–Trinajstić information content (AvgIpc) is 2.28. The summed E-state index contributed by atoms with van der Waals surface area (Å²) in [6, 6.07) is 4.02. The molecule has 19 heavy (non-hydrogen) atoms. The third kappa shape index (κ3) is 4.89. The molecule has 0 saturated carbocycles. The Hall–Kier alpha value is -0.393. The highest BCUT2D eigenvalue weighted by Crippen LogP contribution is 2.36. The normalized spacial score (nSPS) is 12.6. The molecule has 0 amide bonds. The van der Waals surface area contributed by atoms with Crippen LogP contribution in [0.15, 0.2) is 22.8 Å². The smallest absolute Gasteiger partial charge is 0.192 e. The molecule has 1 heterocycles. The maximum absolute atomic E-state index is 6.17. The number of halogens is 1. The van der Waals surface area contributed by atoms with Crippen molar-refractivity contribution in [1.29, 1.82) is 0 Å². The third-order valence-electron chi connectivity index (χ3n) is 3.80. The highest BCUT2D eigenvalue weighted by Gasteiger charge is 2.36. The summed E-state index contributed by atoms with van der Waals surface area (Å²) in [4.78, 5) is 6.50. The van der Waals surface area contributed by atoms with Gasteiger partial charge >= 0.3 is 0 Å². The van der Waals surface area contributed by atoms with Gasteiger partial charge in [-0.15, -0.1) is 0 Å². The molecule has 0 N–H and O–H groups in total. The standard InChI is InChI=1S/C14H25BrN2OSi/c1-14(2,3)19(5,6)18-10-9-17(4)13-8-7-12(15)11-16-13/h7-8,11H,9-10H2,1-6H3. The van der Waals surface area contributed by atoms with Gasteiger partial charge in [-0.25, -0.2) is 4.98 Å². The second kappa shape index (κ2) is 6.37. The van der Waals surface area contributed by atoms with Crippen LogP contribution in [0.1, 0.15) is 20.8 Å². The zero-order chi connectivity index (χ0) is 14.7. The highest BCUT2D eigenvalue weighted by molar-refractivity contribution is 9.10. The maximum Gasteiger partial charge on any atom is 0.192 e. The van der Waals surface area contributed by atoms with E-state index in [1.54, 1.807) is 0 Å². The molecule has 0 unspecified atom stereocenters. The van der Waals surface area contributed by atoms with Gasteiger partial charge in [0.2, 0.25) is 0 Å². The number of hydrogen-bond acceptors (Lipinski definition) is 3. The van der Waals surface area contributed by atoms with Crippen LogP contribution in [0.2, 0.25) is 18.1 Å². The van der Waals surface area contributed by atoms with Crippen molar-refractivity contribution in [3.63, 3.8) is 0 Å². The van der Waals surface area contributed by atoms with Gasteiger partial charge in [-0.3, -0.25) is 0 Å². The van der Waals surface area contributed by atoms with Crippen molar-refractivity contribution < 1.29 is 4.43 Å². The number of pyridine rings is 1. The minimum atomic E-state index is -1.64. The summed E-state index contributed by atoms with van der Waals surface area (Å²) in [7, 11) is 0.411. The zero-order valence-corrected chi connectivity index (χ0v) is 15.4. The molecule has 0 aromatic carbocycles. The van der Waals surface area contributed by atoms with E-state index in [9.17, 15) is 0 Å². The lowest BCUT2D eigenvalue weighted by atomic mass is 10.2. The number of nitrogens with zero attached hydrogens (tertiary/aromatic N) is 2. The van der Waals surface area contributed by atoms with Crippen LogP contribution in [0, 0.1) is 0 Å². The Kier molecular flexibility index (Phi) is 5.59. The SMILES string of the molecule is CN(CCO[Si](C)(C)C(C)(C)C)c1ccc(Br)cn1. The molecular formula is C14H25BrN2OSi. The number of hydrogen-bond donors (Lipinski definition) is 0. The molecule has 108 valence electrons. The molecule has 1 aromatic heterocycles. The number of anilines is 1. The van der Waals surface area contributed by atoms with Gasteiger partial charge in [0.05, 0.1) is 6.61 Å². The summed E-state index contributed by atoms with van der Waals surface area (Å²) in [5.41, 5.74) is 0. The molecule has 0 fully saturated rings. The molecule has 0 bridgehead atoms. The predicted molar refractivity (Wildman–Crippen MR) is 88.4 cm³/mol. The molecular weight excluding hydrogens is 320 g/mol. The first kappa shape index (κ1) is 16.7. The van der Waals surface area contributed by atoms with Crippen LogP contribution < -0.4 is 4.90 Å². The lowest BCUT2D eigenvalue weighted by molar-refractivity contribution is 0.295. The summed E-state index contributed by atoms with van der Waals surface area (Å²) in [5.74, 6) is 0.974. The van der Waals surface area contributed by atoms with E-state index in [1.165, 1.54) is 0 Å². The van der Waals surface area contributed by atoms with Crippen molar-refractivity contribution in [2.45, 2.75) is 38.9 Å². The summed E-state index contributed by atoms with van der Waals surface area (Å²) >= 11 is 3.39. The van der Waals surface area contributed by atoms with Crippen LogP contribution in [0.4, 0.5) is 5.82 Å². The van der Waals surface area contributed by atoms with E-state index in [2.05, 4.69) is 59.7 Å². The molecule has 1 aromatic rings. The molecule has 0 aliphatic heterocycles. The van der Waals surface area contributed by atoms with Gasteiger partial charge in [-0.2, -0.15) is 0 Å². The first-order chi connectivity index (χ1) is 8.63. The van der Waals surface area contributed by atoms with Crippen LogP contribution in [-0.4, -0.2) is 33.5 Å². The van der Waals surface area contributed by atoms with Gasteiger partial charge in [-0.05, 0) is 46.2 Å². The second-order valence-electron chi connectivity index (χ2n) is 6.36. The number of likely N-dealkylation sites (N-methyl/N-ethyl adjacent to an activating group) is 1. The molecule has 0 atom stereocenters. The van der Waals surface area contributed by atoms with E-state index in [0.29, 0.717) is 0 Å². The first-order valence-corrected chi connectivity index (χ1v) is 10.3. The van der Waals surface area contributed by atoms with Crippen LogP contribution in [0.3, 0.4) is 0 Å².